The zero-order chi connectivity index (χ0) is 23.7. The fraction of sp³-hybridized carbons (Fsp3) is 0.185. The van der Waals surface area contributed by atoms with Crippen molar-refractivity contribution >= 4 is 23.4 Å². The predicted molar refractivity (Wildman–Crippen MR) is 130 cm³/mol. The second-order valence-electron chi connectivity index (χ2n) is 8.63. The number of hydrogen-bond donors (Lipinski definition) is 1. The number of nitrogens with one attached hydrogen (secondary N) is 1. The molecule has 0 saturated heterocycles. The van der Waals surface area contributed by atoms with Crippen LogP contribution in [0.25, 0.3) is 11.5 Å². The minimum absolute atomic E-state index is 0.197. The van der Waals surface area contributed by atoms with E-state index in [-0.39, 0.29) is 11.8 Å². The van der Waals surface area contributed by atoms with Crippen molar-refractivity contribution in [2.45, 2.75) is 32.1 Å². The fourth-order valence-electron chi connectivity index (χ4n) is 4.40. The van der Waals surface area contributed by atoms with Crippen molar-refractivity contribution in [3.63, 3.8) is 0 Å². The fourth-order valence-corrected chi connectivity index (χ4v) is 4.53. The van der Waals surface area contributed by atoms with Crippen LogP contribution in [0.2, 0.25) is 5.02 Å². The Bertz CT molecular complexity index is 1310. The molecule has 2 aromatic carbocycles. The van der Waals surface area contributed by atoms with Crippen molar-refractivity contribution in [2.75, 3.05) is 0 Å². The first-order chi connectivity index (χ1) is 16.5. The van der Waals surface area contributed by atoms with Gasteiger partial charge in [0.15, 0.2) is 0 Å². The number of fused-ring (bicyclic) bond motifs is 1. The highest BCUT2D eigenvalue weighted by atomic mass is 35.5. The highest BCUT2D eigenvalue weighted by Gasteiger charge is 2.47. The number of amides is 2. The van der Waals surface area contributed by atoms with Crippen LogP contribution < -0.4 is 5.32 Å². The van der Waals surface area contributed by atoms with E-state index in [9.17, 15) is 9.59 Å². The molecule has 0 saturated carbocycles. The molecule has 2 amide bonds. The Hall–Kier alpha value is -3.77. The Balaban J connectivity index is 1.50. The second-order valence-corrected chi connectivity index (χ2v) is 9.06. The van der Waals surface area contributed by atoms with Crippen LogP contribution in [-0.2, 0) is 24.4 Å². The normalized spacial score (nSPS) is 17.5. The SMILES string of the molecule is CC1(C(=O)NCc2ccc(Cl)cc2)Cn2c(ccc2-c2ccco2)C(=O)N1Cc1ccccc1. The lowest BCUT2D eigenvalue weighted by atomic mass is 9.93. The Morgan fingerprint density at radius 3 is 2.41 bits per heavy atom. The first-order valence-electron chi connectivity index (χ1n) is 11.1. The zero-order valence-electron chi connectivity index (χ0n) is 18.7. The molecule has 4 aromatic rings. The first-order valence-corrected chi connectivity index (χ1v) is 11.5. The summed E-state index contributed by atoms with van der Waals surface area (Å²) in [4.78, 5) is 29.1. The van der Waals surface area contributed by atoms with Gasteiger partial charge in [-0.2, -0.15) is 0 Å². The zero-order valence-corrected chi connectivity index (χ0v) is 19.5. The van der Waals surface area contributed by atoms with Crippen LogP contribution in [0.1, 0.15) is 28.5 Å². The monoisotopic (exact) mass is 473 g/mol. The summed E-state index contributed by atoms with van der Waals surface area (Å²) in [5, 5.41) is 3.67. The predicted octanol–water partition coefficient (Wildman–Crippen LogP) is 5.13. The largest absolute Gasteiger partial charge is 0.463 e. The van der Waals surface area contributed by atoms with Crippen LogP contribution in [0.4, 0.5) is 0 Å². The van der Waals surface area contributed by atoms with Crippen LogP contribution in [0.15, 0.2) is 89.5 Å². The van der Waals surface area contributed by atoms with E-state index in [0.717, 1.165) is 16.8 Å². The van der Waals surface area contributed by atoms with Crippen molar-refractivity contribution < 1.29 is 14.0 Å². The lowest BCUT2D eigenvalue weighted by molar-refractivity contribution is -0.133. The van der Waals surface area contributed by atoms with E-state index in [2.05, 4.69) is 5.32 Å². The highest BCUT2D eigenvalue weighted by Crippen LogP contribution is 2.34. The molecular weight excluding hydrogens is 450 g/mol. The maximum atomic E-state index is 13.7. The summed E-state index contributed by atoms with van der Waals surface area (Å²) in [6.07, 6.45) is 1.60. The van der Waals surface area contributed by atoms with Gasteiger partial charge in [-0.1, -0.05) is 54.1 Å². The number of rotatable bonds is 6. The standard InChI is InChI=1S/C27H24ClN3O3/c1-27(26(33)29-16-19-9-11-21(28)12-10-19)18-30-22(24-8-5-15-34-24)13-14-23(30)25(32)31(27)17-20-6-3-2-4-7-20/h2-15H,16-18H2,1H3,(H,29,33). The summed E-state index contributed by atoms with van der Waals surface area (Å²) in [7, 11) is 0. The topological polar surface area (TPSA) is 67.5 Å². The van der Waals surface area contributed by atoms with E-state index < -0.39 is 5.54 Å². The van der Waals surface area contributed by atoms with Crippen molar-refractivity contribution in [3.8, 4) is 11.5 Å². The van der Waals surface area contributed by atoms with Gasteiger partial charge in [-0.15, -0.1) is 0 Å². The van der Waals surface area contributed by atoms with Gasteiger partial charge in [0.05, 0.1) is 18.5 Å². The molecule has 0 radical (unpaired) electrons. The number of carbonyl (C=O) groups excluding carboxylic acids is 2. The second kappa shape index (κ2) is 8.88. The molecular formula is C27H24ClN3O3. The molecule has 0 spiro atoms. The van der Waals surface area contributed by atoms with E-state index >= 15 is 0 Å². The van der Waals surface area contributed by atoms with Gasteiger partial charge in [-0.3, -0.25) is 9.59 Å². The third-order valence-corrected chi connectivity index (χ3v) is 6.57. The maximum absolute atomic E-state index is 13.7. The van der Waals surface area contributed by atoms with Gasteiger partial charge in [0.2, 0.25) is 5.91 Å². The molecule has 6 nitrogen and oxygen atoms in total. The number of benzene rings is 2. The molecule has 7 heteroatoms. The number of carbonyl (C=O) groups is 2. The third kappa shape index (κ3) is 4.01. The number of hydrogen-bond acceptors (Lipinski definition) is 3. The van der Waals surface area contributed by atoms with E-state index in [1.54, 1.807) is 35.4 Å². The van der Waals surface area contributed by atoms with E-state index in [1.807, 2.05) is 66.1 Å². The molecule has 0 aliphatic carbocycles. The van der Waals surface area contributed by atoms with E-state index in [0.29, 0.717) is 36.1 Å². The summed E-state index contributed by atoms with van der Waals surface area (Å²) < 4.78 is 7.47. The van der Waals surface area contributed by atoms with Crippen molar-refractivity contribution in [3.05, 3.63) is 107 Å². The number of halogens is 1. The number of aromatic nitrogens is 1. The Kier molecular flexibility index (Phi) is 5.75. The number of nitrogens with zero attached hydrogens (tertiary/aromatic N) is 2. The van der Waals surface area contributed by atoms with Gasteiger partial charge in [-0.05, 0) is 54.4 Å². The summed E-state index contributed by atoms with van der Waals surface area (Å²) in [5.74, 6) is 0.230. The smallest absolute Gasteiger partial charge is 0.271 e. The minimum Gasteiger partial charge on any atom is -0.463 e. The molecule has 34 heavy (non-hydrogen) atoms. The van der Waals surface area contributed by atoms with Crippen LogP contribution in [0, 0.1) is 0 Å². The maximum Gasteiger partial charge on any atom is 0.271 e. The Morgan fingerprint density at radius 2 is 1.71 bits per heavy atom. The van der Waals surface area contributed by atoms with Crippen molar-refractivity contribution in [1.82, 2.24) is 14.8 Å². The van der Waals surface area contributed by atoms with Gasteiger partial charge in [0.25, 0.3) is 5.91 Å². The van der Waals surface area contributed by atoms with E-state index in [4.69, 9.17) is 16.0 Å². The molecule has 1 atom stereocenters. The molecule has 1 unspecified atom stereocenters. The van der Waals surface area contributed by atoms with Crippen molar-refractivity contribution in [2.24, 2.45) is 0 Å². The first kappa shape index (κ1) is 22.0. The van der Waals surface area contributed by atoms with Crippen LogP contribution in [-0.4, -0.2) is 26.8 Å². The molecule has 3 heterocycles. The molecule has 2 aromatic heterocycles. The van der Waals surface area contributed by atoms with Gasteiger partial charge in [-0.25, -0.2) is 0 Å². The lowest BCUT2D eigenvalue weighted by Gasteiger charge is -2.44. The van der Waals surface area contributed by atoms with Gasteiger partial charge in [0.1, 0.15) is 17.0 Å². The molecule has 1 aliphatic rings. The van der Waals surface area contributed by atoms with Crippen LogP contribution in [0.5, 0.6) is 0 Å². The molecule has 1 aliphatic heterocycles. The van der Waals surface area contributed by atoms with Crippen LogP contribution in [0.3, 0.4) is 0 Å². The summed E-state index contributed by atoms with van der Waals surface area (Å²) in [6, 6.07) is 24.3. The molecule has 172 valence electrons. The van der Waals surface area contributed by atoms with Crippen molar-refractivity contribution in [1.29, 1.82) is 0 Å². The average Bonchev–Trinajstić information content (AvgIpc) is 3.52. The lowest BCUT2D eigenvalue weighted by Crippen LogP contribution is -2.63. The van der Waals surface area contributed by atoms with E-state index in [1.165, 1.54) is 0 Å². The molecule has 5 rings (SSSR count). The van der Waals surface area contributed by atoms with Gasteiger partial charge < -0.3 is 19.2 Å². The number of furan rings is 1. The average molecular weight is 474 g/mol. The third-order valence-electron chi connectivity index (χ3n) is 6.32. The summed E-state index contributed by atoms with van der Waals surface area (Å²) in [5.41, 5.74) is 2.07. The molecule has 1 N–H and O–H groups in total. The highest BCUT2D eigenvalue weighted by molar-refractivity contribution is 6.30. The molecule has 0 bridgehead atoms. The Labute approximate surface area is 202 Å². The summed E-state index contributed by atoms with van der Waals surface area (Å²) >= 11 is 5.98. The quantitative estimate of drug-likeness (QED) is 0.422. The minimum atomic E-state index is -1.12. The summed E-state index contributed by atoms with van der Waals surface area (Å²) in [6.45, 7) is 2.78. The molecule has 0 fully saturated rings. The van der Waals surface area contributed by atoms with Crippen LogP contribution >= 0.6 is 11.6 Å². The van der Waals surface area contributed by atoms with Gasteiger partial charge in [0, 0.05) is 18.1 Å². The van der Waals surface area contributed by atoms with Gasteiger partial charge >= 0.3 is 0 Å². The Morgan fingerprint density at radius 1 is 0.971 bits per heavy atom.